The van der Waals surface area contributed by atoms with Crippen molar-refractivity contribution in [2.75, 3.05) is 6.54 Å². The van der Waals surface area contributed by atoms with Gasteiger partial charge in [0.2, 0.25) is 0 Å². The van der Waals surface area contributed by atoms with Crippen LogP contribution in [0.2, 0.25) is 0 Å². The number of hydrogen-bond acceptors (Lipinski definition) is 3. The Bertz CT molecular complexity index is 354. The first-order chi connectivity index (χ1) is 10.2. The quantitative estimate of drug-likeness (QED) is 0.483. The van der Waals surface area contributed by atoms with Crippen LogP contribution in [0.3, 0.4) is 0 Å². The van der Waals surface area contributed by atoms with Crippen molar-refractivity contribution in [2.24, 2.45) is 0 Å². The van der Waals surface area contributed by atoms with Crippen molar-refractivity contribution in [2.45, 2.75) is 91.5 Å². The van der Waals surface area contributed by atoms with Gasteiger partial charge in [0.15, 0.2) is 0 Å². The Hall–Kier alpha value is -0.410. The molecule has 0 aromatic carbocycles. The van der Waals surface area contributed by atoms with E-state index in [1.807, 2.05) is 11.3 Å². The molecule has 1 atom stereocenters. The second kappa shape index (κ2) is 11.2. The van der Waals surface area contributed by atoms with E-state index in [2.05, 4.69) is 33.0 Å². The molecule has 1 heterocycles. The highest BCUT2D eigenvalue weighted by Gasteiger charge is 2.15. The number of aromatic nitrogens is 1. The van der Waals surface area contributed by atoms with Crippen molar-refractivity contribution in [1.82, 2.24) is 10.3 Å². The van der Waals surface area contributed by atoms with Crippen molar-refractivity contribution in [1.29, 1.82) is 0 Å². The average molecular weight is 311 g/mol. The molecule has 21 heavy (non-hydrogen) atoms. The summed E-state index contributed by atoms with van der Waals surface area (Å²) in [4.78, 5) is 6.13. The summed E-state index contributed by atoms with van der Waals surface area (Å²) in [5.74, 6) is 0. The summed E-state index contributed by atoms with van der Waals surface area (Å²) in [5.41, 5.74) is 1.21. The molecule has 0 amide bonds. The summed E-state index contributed by atoms with van der Waals surface area (Å²) in [6.45, 7) is 9.91. The van der Waals surface area contributed by atoms with Gasteiger partial charge in [0.1, 0.15) is 5.01 Å². The van der Waals surface area contributed by atoms with Gasteiger partial charge in [0.05, 0.1) is 11.7 Å². The fourth-order valence-corrected chi connectivity index (χ4v) is 3.62. The minimum atomic E-state index is 0.470. The predicted octanol–water partition coefficient (Wildman–Crippen LogP) is 5.94. The molecule has 0 spiro atoms. The molecule has 0 aliphatic rings. The van der Waals surface area contributed by atoms with E-state index in [0.717, 1.165) is 6.54 Å². The molecule has 2 nitrogen and oxygen atoms in total. The lowest BCUT2D eigenvalue weighted by molar-refractivity contribution is 0.464. The summed E-state index contributed by atoms with van der Waals surface area (Å²) >= 11 is 1.87. The molecule has 0 saturated heterocycles. The Labute approximate surface area is 135 Å². The molecule has 0 radical (unpaired) electrons. The van der Waals surface area contributed by atoms with Crippen molar-refractivity contribution >= 4 is 11.3 Å². The minimum Gasteiger partial charge on any atom is -0.308 e. The van der Waals surface area contributed by atoms with Crippen LogP contribution in [0, 0.1) is 13.8 Å². The second-order valence-corrected chi connectivity index (χ2v) is 7.35. The highest BCUT2D eigenvalue weighted by Crippen LogP contribution is 2.26. The maximum absolute atomic E-state index is 4.76. The first-order valence-corrected chi connectivity index (χ1v) is 9.68. The van der Waals surface area contributed by atoms with E-state index in [0.29, 0.717) is 6.04 Å². The maximum atomic E-state index is 4.76. The molecule has 0 saturated carbocycles. The molecular formula is C18H34N2S. The van der Waals surface area contributed by atoms with Crippen molar-refractivity contribution in [3.8, 4) is 0 Å². The van der Waals surface area contributed by atoms with E-state index in [1.54, 1.807) is 0 Å². The summed E-state index contributed by atoms with van der Waals surface area (Å²) in [5, 5.41) is 4.98. The van der Waals surface area contributed by atoms with Crippen molar-refractivity contribution in [3.05, 3.63) is 15.6 Å². The monoisotopic (exact) mass is 310 g/mol. The molecular weight excluding hydrogens is 276 g/mol. The van der Waals surface area contributed by atoms with Gasteiger partial charge < -0.3 is 5.32 Å². The normalized spacial score (nSPS) is 12.8. The molecule has 0 aliphatic heterocycles. The van der Waals surface area contributed by atoms with Gasteiger partial charge in [-0.3, -0.25) is 0 Å². The topological polar surface area (TPSA) is 24.9 Å². The fraction of sp³-hybridized carbons (Fsp3) is 0.833. The minimum absolute atomic E-state index is 0.470. The maximum Gasteiger partial charge on any atom is 0.110 e. The molecule has 1 aromatic heterocycles. The third kappa shape index (κ3) is 7.42. The van der Waals surface area contributed by atoms with E-state index < -0.39 is 0 Å². The average Bonchev–Trinajstić information content (AvgIpc) is 2.80. The first kappa shape index (κ1) is 18.6. The van der Waals surface area contributed by atoms with Crippen LogP contribution >= 0.6 is 11.3 Å². The third-order valence-corrected chi connectivity index (χ3v) is 5.27. The highest BCUT2D eigenvalue weighted by molar-refractivity contribution is 7.11. The Kier molecular flexibility index (Phi) is 9.94. The number of rotatable bonds is 12. The van der Waals surface area contributed by atoms with Crippen LogP contribution in [0.1, 0.15) is 93.3 Å². The van der Waals surface area contributed by atoms with E-state index in [-0.39, 0.29) is 0 Å². The summed E-state index contributed by atoms with van der Waals surface area (Å²) < 4.78 is 0. The van der Waals surface area contributed by atoms with Gasteiger partial charge in [-0.25, -0.2) is 4.98 Å². The number of aryl methyl sites for hydroxylation is 2. The van der Waals surface area contributed by atoms with Crippen LogP contribution in [0.15, 0.2) is 0 Å². The Morgan fingerprint density at radius 1 is 0.952 bits per heavy atom. The van der Waals surface area contributed by atoms with Crippen molar-refractivity contribution in [3.63, 3.8) is 0 Å². The molecule has 122 valence electrons. The smallest absolute Gasteiger partial charge is 0.110 e. The molecule has 1 rings (SSSR count). The molecule has 1 unspecified atom stereocenters. The van der Waals surface area contributed by atoms with Crippen LogP contribution in [0.4, 0.5) is 0 Å². The highest BCUT2D eigenvalue weighted by atomic mass is 32.1. The zero-order valence-electron chi connectivity index (χ0n) is 14.5. The van der Waals surface area contributed by atoms with Crippen LogP contribution in [-0.4, -0.2) is 11.5 Å². The van der Waals surface area contributed by atoms with E-state index in [4.69, 9.17) is 4.98 Å². The lowest BCUT2D eigenvalue weighted by Gasteiger charge is -2.16. The number of unbranched alkanes of at least 4 members (excludes halogenated alkanes) is 6. The van der Waals surface area contributed by atoms with Crippen LogP contribution in [-0.2, 0) is 0 Å². The lowest BCUT2D eigenvalue weighted by atomic mass is 10.1. The van der Waals surface area contributed by atoms with Gasteiger partial charge in [-0.1, -0.05) is 58.8 Å². The van der Waals surface area contributed by atoms with Crippen LogP contribution < -0.4 is 5.32 Å². The second-order valence-electron chi connectivity index (χ2n) is 6.11. The first-order valence-electron chi connectivity index (χ1n) is 8.86. The lowest BCUT2D eigenvalue weighted by Crippen LogP contribution is -2.22. The molecule has 1 aromatic rings. The van der Waals surface area contributed by atoms with Gasteiger partial charge in [0.25, 0.3) is 0 Å². The van der Waals surface area contributed by atoms with Crippen LogP contribution in [0.25, 0.3) is 0 Å². The predicted molar refractivity (Wildman–Crippen MR) is 95.2 cm³/mol. The zero-order chi connectivity index (χ0) is 15.5. The largest absolute Gasteiger partial charge is 0.308 e. The van der Waals surface area contributed by atoms with Gasteiger partial charge in [-0.15, -0.1) is 11.3 Å². The Balaban J connectivity index is 2.33. The van der Waals surface area contributed by atoms with E-state index in [1.165, 1.54) is 73.4 Å². The molecule has 1 N–H and O–H groups in total. The van der Waals surface area contributed by atoms with Gasteiger partial charge >= 0.3 is 0 Å². The van der Waals surface area contributed by atoms with Gasteiger partial charge in [-0.2, -0.15) is 0 Å². The molecule has 3 heteroatoms. The fourth-order valence-electron chi connectivity index (χ4n) is 2.58. The number of hydrogen-bond donors (Lipinski definition) is 1. The van der Waals surface area contributed by atoms with Gasteiger partial charge in [0, 0.05) is 4.88 Å². The van der Waals surface area contributed by atoms with E-state index in [9.17, 15) is 0 Å². The van der Waals surface area contributed by atoms with Gasteiger partial charge in [-0.05, 0) is 33.2 Å². The molecule has 0 bridgehead atoms. The summed E-state index contributed by atoms with van der Waals surface area (Å²) in [6, 6.07) is 0.470. The number of nitrogens with one attached hydrogen (secondary N) is 1. The summed E-state index contributed by atoms with van der Waals surface area (Å²) in [7, 11) is 0. The van der Waals surface area contributed by atoms with E-state index >= 15 is 0 Å². The molecule has 0 aliphatic carbocycles. The molecule has 0 fully saturated rings. The number of thiazole rings is 1. The van der Waals surface area contributed by atoms with Crippen molar-refractivity contribution < 1.29 is 0 Å². The Morgan fingerprint density at radius 2 is 1.62 bits per heavy atom. The zero-order valence-corrected chi connectivity index (χ0v) is 15.3. The Morgan fingerprint density at radius 3 is 2.19 bits per heavy atom. The number of nitrogens with zero attached hydrogens (tertiary/aromatic N) is 1. The third-order valence-electron chi connectivity index (χ3n) is 4.08. The standard InChI is InChI=1S/C18H34N2S/c1-5-7-8-9-10-11-12-13-17(19-14-6-2)18-20-15(3)16(4)21-18/h17,19H,5-14H2,1-4H3. The van der Waals surface area contributed by atoms with Crippen LogP contribution in [0.5, 0.6) is 0 Å². The SMILES string of the molecule is CCCCCCCCCC(NCCC)c1nc(C)c(C)s1. The summed E-state index contributed by atoms with van der Waals surface area (Å²) in [6.07, 6.45) is 12.1.